The van der Waals surface area contributed by atoms with Gasteiger partial charge in [-0.15, -0.1) is 0 Å². The molecule has 0 radical (unpaired) electrons. The van der Waals surface area contributed by atoms with E-state index in [4.69, 9.17) is 4.42 Å². The van der Waals surface area contributed by atoms with E-state index < -0.39 is 0 Å². The zero-order valence-electron chi connectivity index (χ0n) is 13.7. The molecule has 124 valence electrons. The average molecular weight is 322 g/mol. The van der Waals surface area contributed by atoms with Crippen LogP contribution in [0.2, 0.25) is 0 Å². The number of piperazine rings is 1. The van der Waals surface area contributed by atoms with E-state index in [0.29, 0.717) is 5.75 Å². The molecule has 1 aromatic heterocycles. The second kappa shape index (κ2) is 6.67. The summed E-state index contributed by atoms with van der Waals surface area (Å²) >= 11 is 0. The Bertz CT molecular complexity index is 786. The fraction of sp³-hybridized carbons (Fsp3) is 0.300. The van der Waals surface area contributed by atoms with Crippen molar-refractivity contribution >= 4 is 11.0 Å². The summed E-state index contributed by atoms with van der Waals surface area (Å²) in [7, 11) is 0. The maximum absolute atomic E-state index is 9.57. The van der Waals surface area contributed by atoms with Crippen molar-refractivity contribution in [1.29, 1.82) is 0 Å². The maximum atomic E-state index is 9.57. The highest BCUT2D eigenvalue weighted by molar-refractivity contribution is 5.77. The van der Waals surface area contributed by atoms with E-state index in [1.165, 1.54) is 10.9 Å². The molecule has 0 atom stereocenters. The molecule has 24 heavy (non-hydrogen) atoms. The molecule has 1 aliphatic rings. The second-order valence-corrected chi connectivity index (χ2v) is 6.47. The number of rotatable bonds is 4. The van der Waals surface area contributed by atoms with Crippen molar-refractivity contribution in [2.75, 3.05) is 26.2 Å². The van der Waals surface area contributed by atoms with Crippen molar-refractivity contribution in [3.8, 4) is 5.75 Å². The predicted octanol–water partition coefficient (Wildman–Crippen LogP) is 3.46. The Kier molecular flexibility index (Phi) is 4.24. The molecule has 0 saturated carbocycles. The Morgan fingerprint density at radius 2 is 1.58 bits per heavy atom. The molecular formula is C20H22N2O2. The number of fused-ring (bicyclic) bond motifs is 1. The van der Waals surface area contributed by atoms with E-state index in [1.54, 1.807) is 6.07 Å². The fourth-order valence-corrected chi connectivity index (χ4v) is 3.35. The van der Waals surface area contributed by atoms with Gasteiger partial charge in [0.15, 0.2) is 0 Å². The highest BCUT2D eigenvalue weighted by Crippen LogP contribution is 2.21. The smallest absolute Gasteiger partial charge is 0.134 e. The van der Waals surface area contributed by atoms with Gasteiger partial charge in [0, 0.05) is 38.1 Å². The van der Waals surface area contributed by atoms with Crippen molar-refractivity contribution in [2.45, 2.75) is 13.1 Å². The molecule has 4 rings (SSSR count). The number of furan rings is 1. The molecule has 0 spiro atoms. The van der Waals surface area contributed by atoms with Crippen LogP contribution in [0, 0.1) is 0 Å². The number of phenols is 1. The Balaban J connectivity index is 1.32. The number of aromatic hydroxyl groups is 1. The van der Waals surface area contributed by atoms with Gasteiger partial charge in [0.05, 0.1) is 6.54 Å². The third kappa shape index (κ3) is 3.45. The SMILES string of the molecule is Oc1cccc(CN2CCN(Cc3cc4ccccc4o3)CC2)c1. The highest BCUT2D eigenvalue weighted by atomic mass is 16.3. The molecule has 1 N–H and O–H groups in total. The molecule has 1 saturated heterocycles. The first kappa shape index (κ1) is 15.2. The predicted molar refractivity (Wildman–Crippen MR) is 94.9 cm³/mol. The Morgan fingerprint density at radius 3 is 2.33 bits per heavy atom. The summed E-state index contributed by atoms with van der Waals surface area (Å²) in [4.78, 5) is 4.88. The monoisotopic (exact) mass is 322 g/mol. The van der Waals surface area contributed by atoms with Crippen molar-refractivity contribution in [1.82, 2.24) is 9.80 Å². The van der Waals surface area contributed by atoms with Crippen LogP contribution >= 0.6 is 0 Å². The molecule has 4 nitrogen and oxygen atoms in total. The summed E-state index contributed by atoms with van der Waals surface area (Å²) in [5, 5.41) is 10.7. The van der Waals surface area contributed by atoms with Crippen LogP contribution in [0.15, 0.2) is 59.0 Å². The number of para-hydroxylation sites is 1. The second-order valence-electron chi connectivity index (χ2n) is 6.47. The number of phenolic OH excluding ortho intramolecular Hbond substituents is 1. The fourth-order valence-electron chi connectivity index (χ4n) is 3.35. The zero-order valence-corrected chi connectivity index (χ0v) is 13.7. The molecule has 0 bridgehead atoms. The van der Waals surface area contributed by atoms with Crippen LogP contribution in [0.1, 0.15) is 11.3 Å². The molecule has 4 heteroatoms. The van der Waals surface area contributed by atoms with E-state index in [0.717, 1.165) is 50.6 Å². The van der Waals surface area contributed by atoms with Gasteiger partial charge >= 0.3 is 0 Å². The number of nitrogens with zero attached hydrogens (tertiary/aromatic N) is 2. The van der Waals surface area contributed by atoms with Crippen molar-refractivity contribution in [3.63, 3.8) is 0 Å². The van der Waals surface area contributed by atoms with Crippen molar-refractivity contribution in [2.24, 2.45) is 0 Å². The van der Waals surface area contributed by atoms with Gasteiger partial charge in [-0.25, -0.2) is 0 Å². The lowest BCUT2D eigenvalue weighted by molar-refractivity contribution is 0.116. The van der Waals surface area contributed by atoms with Crippen LogP contribution in [0.4, 0.5) is 0 Å². The molecule has 0 unspecified atom stereocenters. The van der Waals surface area contributed by atoms with Crippen LogP contribution in [-0.2, 0) is 13.1 Å². The van der Waals surface area contributed by atoms with Gasteiger partial charge in [0.1, 0.15) is 17.1 Å². The first-order valence-corrected chi connectivity index (χ1v) is 8.46. The minimum Gasteiger partial charge on any atom is -0.508 e. The number of hydrogen-bond donors (Lipinski definition) is 1. The van der Waals surface area contributed by atoms with Gasteiger partial charge in [-0.1, -0.05) is 30.3 Å². The average Bonchev–Trinajstić information content (AvgIpc) is 2.99. The largest absolute Gasteiger partial charge is 0.508 e. The summed E-state index contributed by atoms with van der Waals surface area (Å²) in [6.07, 6.45) is 0. The summed E-state index contributed by atoms with van der Waals surface area (Å²) < 4.78 is 5.92. The van der Waals surface area contributed by atoms with Crippen molar-refractivity contribution < 1.29 is 9.52 Å². The first-order chi connectivity index (χ1) is 11.8. The summed E-state index contributed by atoms with van der Waals surface area (Å²) in [5.41, 5.74) is 2.13. The molecule has 2 aromatic carbocycles. The van der Waals surface area contributed by atoms with Gasteiger partial charge in [-0.3, -0.25) is 9.80 Å². The third-order valence-electron chi connectivity index (χ3n) is 4.64. The molecule has 2 heterocycles. The minimum atomic E-state index is 0.344. The van der Waals surface area contributed by atoms with Crippen LogP contribution in [-0.4, -0.2) is 41.1 Å². The van der Waals surface area contributed by atoms with Gasteiger partial charge < -0.3 is 9.52 Å². The number of benzene rings is 2. The highest BCUT2D eigenvalue weighted by Gasteiger charge is 2.18. The van der Waals surface area contributed by atoms with E-state index in [9.17, 15) is 5.11 Å². The Labute approximate surface area is 141 Å². The quantitative estimate of drug-likeness (QED) is 0.798. The zero-order chi connectivity index (χ0) is 16.4. The molecule has 0 aliphatic carbocycles. The lowest BCUT2D eigenvalue weighted by atomic mass is 10.2. The van der Waals surface area contributed by atoms with E-state index in [1.807, 2.05) is 30.3 Å². The van der Waals surface area contributed by atoms with Crippen LogP contribution in [0.5, 0.6) is 5.75 Å². The van der Waals surface area contributed by atoms with Crippen LogP contribution in [0.3, 0.4) is 0 Å². The van der Waals surface area contributed by atoms with Crippen LogP contribution in [0.25, 0.3) is 11.0 Å². The lowest BCUT2D eigenvalue weighted by Gasteiger charge is -2.34. The van der Waals surface area contributed by atoms with E-state index in [2.05, 4.69) is 28.0 Å². The molecular weight excluding hydrogens is 300 g/mol. The summed E-state index contributed by atoms with van der Waals surface area (Å²) in [6, 6.07) is 17.9. The van der Waals surface area contributed by atoms with Gasteiger partial charge in [-0.05, 0) is 29.8 Å². The summed E-state index contributed by atoms with van der Waals surface area (Å²) in [5.74, 6) is 1.38. The molecule has 1 fully saturated rings. The number of hydrogen-bond acceptors (Lipinski definition) is 4. The van der Waals surface area contributed by atoms with Gasteiger partial charge in [0.2, 0.25) is 0 Å². The standard InChI is InChI=1S/C20H22N2O2/c23-18-6-3-4-16(12-18)14-21-8-10-22(11-9-21)15-19-13-17-5-1-2-7-20(17)24-19/h1-7,12-13,23H,8-11,14-15H2. The Hall–Kier alpha value is -2.30. The van der Waals surface area contributed by atoms with Crippen LogP contribution < -0.4 is 0 Å². The van der Waals surface area contributed by atoms with E-state index in [-0.39, 0.29) is 0 Å². The van der Waals surface area contributed by atoms with Gasteiger partial charge in [-0.2, -0.15) is 0 Å². The topological polar surface area (TPSA) is 39.9 Å². The van der Waals surface area contributed by atoms with Gasteiger partial charge in [0.25, 0.3) is 0 Å². The van der Waals surface area contributed by atoms with Crippen molar-refractivity contribution in [3.05, 3.63) is 65.9 Å². The molecule has 1 aliphatic heterocycles. The first-order valence-electron chi connectivity index (χ1n) is 8.46. The maximum Gasteiger partial charge on any atom is 0.134 e. The lowest BCUT2D eigenvalue weighted by Crippen LogP contribution is -2.45. The third-order valence-corrected chi connectivity index (χ3v) is 4.64. The van der Waals surface area contributed by atoms with E-state index >= 15 is 0 Å². The minimum absolute atomic E-state index is 0.344. The molecule has 3 aromatic rings. The molecule has 0 amide bonds. The summed E-state index contributed by atoms with van der Waals surface area (Å²) in [6.45, 7) is 5.92. The Morgan fingerprint density at radius 1 is 0.833 bits per heavy atom. The normalized spacial score (nSPS) is 16.7.